The second kappa shape index (κ2) is 6.90. The van der Waals surface area contributed by atoms with E-state index in [1.165, 1.54) is 0 Å². The maximum atomic E-state index is 12.5. The molecule has 0 bridgehead atoms. The van der Waals surface area contributed by atoms with E-state index in [-0.39, 0.29) is 11.3 Å². The molecule has 0 aliphatic carbocycles. The molecule has 1 N–H and O–H groups in total. The number of benzene rings is 1. The molecule has 0 fully saturated rings. The summed E-state index contributed by atoms with van der Waals surface area (Å²) in [7, 11) is 0. The number of ether oxygens (including phenoxy) is 1. The lowest BCUT2D eigenvalue weighted by molar-refractivity contribution is 0.102. The van der Waals surface area contributed by atoms with Crippen molar-refractivity contribution in [3.63, 3.8) is 0 Å². The summed E-state index contributed by atoms with van der Waals surface area (Å²) >= 11 is 0. The van der Waals surface area contributed by atoms with Gasteiger partial charge in [0.25, 0.3) is 5.91 Å². The van der Waals surface area contributed by atoms with Crippen LogP contribution in [0.15, 0.2) is 34.7 Å². The van der Waals surface area contributed by atoms with Crippen LogP contribution in [0.3, 0.4) is 0 Å². The van der Waals surface area contributed by atoms with Gasteiger partial charge in [0.2, 0.25) is 0 Å². The SMILES string of the molecule is CCCOc1cccc(NC(=O)c2cc(C(C)(C)C)oc2C)c1. The third kappa shape index (κ3) is 4.38. The van der Waals surface area contributed by atoms with Gasteiger partial charge in [-0.3, -0.25) is 4.79 Å². The van der Waals surface area contributed by atoms with Crippen LogP contribution in [-0.4, -0.2) is 12.5 Å². The summed E-state index contributed by atoms with van der Waals surface area (Å²) in [5, 5.41) is 2.90. The molecule has 1 aromatic carbocycles. The fourth-order valence-electron chi connectivity index (χ4n) is 2.16. The van der Waals surface area contributed by atoms with Crippen LogP contribution in [0.25, 0.3) is 0 Å². The van der Waals surface area contributed by atoms with E-state index >= 15 is 0 Å². The van der Waals surface area contributed by atoms with Gasteiger partial charge in [0, 0.05) is 17.2 Å². The van der Waals surface area contributed by atoms with Crippen LogP contribution in [-0.2, 0) is 5.41 Å². The predicted molar refractivity (Wildman–Crippen MR) is 92.3 cm³/mol. The molecular weight excluding hydrogens is 290 g/mol. The summed E-state index contributed by atoms with van der Waals surface area (Å²) in [5.41, 5.74) is 1.15. The Morgan fingerprint density at radius 2 is 2.00 bits per heavy atom. The number of aryl methyl sites for hydroxylation is 1. The first kappa shape index (κ1) is 17.1. The molecule has 0 unspecified atom stereocenters. The number of carbonyl (C=O) groups is 1. The van der Waals surface area contributed by atoms with Crippen molar-refractivity contribution in [2.75, 3.05) is 11.9 Å². The van der Waals surface area contributed by atoms with Crippen LogP contribution in [0.2, 0.25) is 0 Å². The lowest BCUT2D eigenvalue weighted by Gasteiger charge is -2.13. The topological polar surface area (TPSA) is 51.5 Å². The van der Waals surface area contributed by atoms with Gasteiger partial charge in [0.1, 0.15) is 17.3 Å². The van der Waals surface area contributed by atoms with Crippen LogP contribution >= 0.6 is 0 Å². The summed E-state index contributed by atoms with van der Waals surface area (Å²) in [4.78, 5) is 12.5. The molecule has 2 rings (SSSR count). The number of hydrogen-bond acceptors (Lipinski definition) is 3. The molecule has 1 aromatic heterocycles. The van der Waals surface area contributed by atoms with Gasteiger partial charge in [0.05, 0.1) is 12.2 Å². The highest BCUT2D eigenvalue weighted by Gasteiger charge is 2.23. The fourth-order valence-corrected chi connectivity index (χ4v) is 2.16. The second-order valence-electron chi connectivity index (χ2n) is 6.66. The quantitative estimate of drug-likeness (QED) is 0.851. The van der Waals surface area contributed by atoms with E-state index in [4.69, 9.17) is 9.15 Å². The number of hydrogen-bond donors (Lipinski definition) is 1. The van der Waals surface area contributed by atoms with Crippen molar-refractivity contribution in [3.8, 4) is 5.75 Å². The highest BCUT2D eigenvalue weighted by atomic mass is 16.5. The summed E-state index contributed by atoms with van der Waals surface area (Å²) in [6.07, 6.45) is 0.945. The standard InChI is InChI=1S/C19H25NO3/c1-6-10-22-15-9-7-8-14(11-15)20-18(21)16-12-17(19(3,4)5)23-13(16)2/h7-9,11-12H,6,10H2,1-5H3,(H,20,21). The van der Waals surface area contributed by atoms with Crippen LogP contribution < -0.4 is 10.1 Å². The summed E-state index contributed by atoms with van der Waals surface area (Å²) in [5.74, 6) is 2.02. The number of anilines is 1. The number of nitrogens with one attached hydrogen (secondary N) is 1. The van der Waals surface area contributed by atoms with Gasteiger partial charge in [-0.25, -0.2) is 0 Å². The Kier molecular flexibility index (Phi) is 5.14. The second-order valence-corrected chi connectivity index (χ2v) is 6.66. The largest absolute Gasteiger partial charge is 0.494 e. The summed E-state index contributed by atoms with van der Waals surface area (Å²) in [6, 6.07) is 9.24. The van der Waals surface area contributed by atoms with Crippen molar-refractivity contribution >= 4 is 11.6 Å². The lowest BCUT2D eigenvalue weighted by atomic mass is 9.93. The third-order valence-corrected chi connectivity index (χ3v) is 3.47. The van der Waals surface area contributed by atoms with Crippen molar-refractivity contribution in [2.24, 2.45) is 0 Å². The fraction of sp³-hybridized carbons (Fsp3) is 0.421. The molecule has 124 valence electrons. The highest BCUT2D eigenvalue weighted by molar-refractivity contribution is 6.05. The van der Waals surface area contributed by atoms with Crippen molar-refractivity contribution in [1.82, 2.24) is 0 Å². The van der Waals surface area contributed by atoms with Crippen LogP contribution in [0, 0.1) is 6.92 Å². The zero-order valence-electron chi connectivity index (χ0n) is 14.5. The first-order valence-electron chi connectivity index (χ1n) is 7.96. The maximum absolute atomic E-state index is 12.5. The van der Waals surface area contributed by atoms with Crippen molar-refractivity contribution in [2.45, 2.75) is 46.5 Å². The van der Waals surface area contributed by atoms with Gasteiger partial charge in [0.15, 0.2) is 0 Å². The van der Waals surface area contributed by atoms with Crippen LogP contribution in [0.5, 0.6) is 5.75 Å². The number of furan rings is 1. The number of amides is 1. The van der Waals surface area contributed by atoms with Gasteiger partial charge < -0.3 is 14.5 Å². The van der Waals surface area contributed by atoms with Crippen molar-refractivity contribution < 1.29 is 13.9 Å². The molecule has 0 radical (unpaired) electrons. The monoisotopic (exact) mass is 315 g/mol. The zero-order valence-corrected chi connectivity index (χ0v) is 14.5. The summed E-state index contributed by atoms with van der Waals surface area (Å²) in [6.45, 7) is 10.7. The predicted octanol–water partition coefficient (Wildman–Crippen LogP) is 4.93. The highest BCUT2D eigenvalue weighted by Crippen LogP contribution is 2.27. The third-order valence-electron chi connectivity index (χ3n) is 3.47. The smallest absolute Gasteiger partial charge is 0.259 e. The molecule has 0 atom stereocenters. The molecule has 4 nitrogen and oxygen atoms in total. The molecule has 0 aliphatic heterocycles. The Balaban J connectivity index is 2.15. The van der Waals surface area contributed by atoms with Crippen molar-refractivity contribution in [1.29, 1.82) is 0 Å². The van der Waals surface area contributed by atoms with E-state index in [1.807, 2.05) is 37.3 Å². The summed E-state index contributed by atoms with van der Waals surface area (Å²) < 4.78 is 11.3. The molecule has 0 saturated heterocycles. The Morgan fingerprint density at radius 1 is 1.26 bits per heavy atom. The maximum Gasteiger partial charge on any atom is 0.259 e. The van der Waals surface area contributed by atoms with E-state index in [1.54, 1.807) is 0 Å². The van der Waals surface area contributed by atoms with Gasteiger partial charge in [-0.05, 0) is 31.5 Å². The average Bonchev–Trinajstić information content (AvgIpc) is 2.88. The molecule has 4 heteroatoms. The van der Waals surface area contributed by atoms with Crippen LogP contribution in [0.4, 0.5) is 5.69 Å². The molecule has 2 aromatic rings. The first-order chi connectivity index (χ1) is 10.8. The molecule has 1 heterocycles. The average molecular weight is 315 g/mol. The molecule has 23 heavy (non-hydrogen) atoms. The van der Waals surface area contributed by atoms with Gasteiger partial charge in [-0.2, -0.15) is 0 Å². The zero-order chi connectivity index (χ0) is 17.0. The molecule has 1 amide bonds. The Bertz CT molecular complexity index is 680. The molecule has 0 saturated carbocycles. The van der Waals surface area contributed by atoms with E-state index < -0.39 is 0 Å². The van der Waals surface area contributed by atoms with Gasteiger partial charge in [-0.15, -0.1) is 0 Å². The first-order valence-corrected chi connectivity index (χ1v) is 7.96. The molecule has 0 spiro atoms. The van der Waals surface area contributed by atoms with E-state index in [0.717, 1.165) is 17.9 Å². The number of rotatable bonds is 5. The molecule has 0 aliphatic rings. The lowest BCUT2D eigenvalue weighted by Crippen LogP contribution is -2.13. The van der Waals surface area contributed by atoms with E-state index in [0.29, 0.717) is 23.6 Å². The van der Waals surface area contributed by atoms with Gasteiger partial charge >= 0.3 is 0 Å². The number of carbonyl (C=O) groups excluding carboxylic acids is 1. The van der Waals surface area contributed by atoms with Crippen LogP contribution in [0.1, 0.15) is 56.0 Å². The minimum Gasteiger partial charge on any atom is -0.494 e. The Hall–Kier alpha value is -2.23. The minimum absolute atomic E-state index is 0.128. The van der Waals surface area contributed by atoms with E-state index in [2.05, 4.69) is 33.0 Å². The van der Waals surface area contributed by atoms with Crippen molar-refractivity contribution in [3.05, 3.63) is 47.4 Å². The minimum atomic E-state index is -0.172. The Labute approximate surface area is 137 Å². The Morgan fingerprint density at radius 3 is 2.61 bits per heavy atom. The normalized spacial score (nSPS) is 11.3. The van der Waals surface area contributed by atoms with E-state index in [9.17, 15) is 4.79 Å². The molecular formula is C19H25NO3. The van der Waals surface area contributed by atoms with Gasteiger partial charge in [-0.1, -0.05) is 33.8 Å².